The third kappa shape index (κ3) is 4.85. The highest BCUT2D eigenvalue weighted by atomic mass is 16.5. The fourth-order valence-electron chi connectivity index (χ4n) is 3.15. The molecule has 0 aliphatic rings. The van der Waals surface area contributed by atoms with Crippen LogP contribution in [0.1, 0.15) is 24.0 Å². The van der Waals surface area contributed by atoms with Crippen LogP contribution < -0.4 is 10.1 Å². The fraction of sp³-hybridized carbons (Fsp3) is 0.217. The number of rotatable bonds is 7. The van der Waals surface area contributed by atoms with Gasteiger partial charge in [-0.1, -0.05) is 36.4 Å². The molecule has 6 nitrogen and oxygen atoms in total. The van der Waals surface area contributed by atoms with Gasteiger partial charge in [-0.3, -0.25) is 4.79 Å². The number of fused-ring (bicyclic) bond motifs is 1. The summed E-state index contributed by atoms with van der Waals surface area (Å²) in [4.78, 5) is 24.3. The van der Waals surface area contributed by atoms with Crippen molar-refractivity contribution in [3.05, 3.63) is 71.8 Å². The molecule has 0 saturated carbocycles. The summed E-state index contributed by atoms with van der Waals surface area (Å²) in [6, 6.07) is 16.6. The molecule has 2 unspecified atom stereocenters. The van der Waals surface area contributed by atoms with Gasteiger partial charge < -0.3 is 20.3 Å². The Morgan fingerprint density at radius 1 is 1.00 bits per heavy atom. The lowest BCUT2D eigenvalue weighted by atomic mass is 9.96. The first-order valence-electron chi connectivity index (χ1n) is 9.26. The lowest BCUT2D eigenvalue weighted by molar-refractivity contribution is -0.141. The molecule has 0 bridgehead atoms. The molecular formula is C23H23NO5. The van der Waals surface area contributed by atoms with E-state index in [1.807, 2.05) is 36.4 Å². The molecule has 2 atom stereocenters. The Kier molecular flexibility index (Phi) is 6.02. The van der Waals surface area contributed by atoms with Gasteiger partial charge in [0.25, 0.3) is 0 Å². The van der Waals surface area contributed by atoms with Crippen LogP contribution >= 0.6 is 0 Å². The maximum Gasteiger partial charge on any atom is 0.326 e. The Labute approximate surface area is 168 Å². The van der Waals surface area contributed by atoms with Crippen molar-refractivity contribution in [3.8, 4) is 11.5 Å². The largest absolute Gasteiger partial charge is 0.508 e. The predicted octanol–water partition coefficient (Wildman–Crippen LogP) is 3.47. The Morgan fingerprint density at radius 2 is 1.66 bits per heavy atom. The first-order chi connectivity index (χ1) is 13.9. The van der Waals surface area contributed by atoms with Crippen LogP contribution in [0.3, 0.4) is 0 Å². The highest BCUT2D eigenvalue weighted by Gasteiger charge is 2.24. The number of aromatic hydroxyl groups is 1. The minimum Gasteiger partial charge on any atom is -0.508 e. The number of phenols is 1. The molecule has 0 fully saturated rings. The zero-order valence-electron chi connectivity index (χ0n) is 16.3. The van der Waals surface area contributed by atoms with Crippen molar-refractivity contribution in [2.75, 3.05) is 7.11 Å². The number of phenolic OH excluding ortho intramolecular Hbond substituents is 1. The summed E-state index contributed by atoms with van der Waals surface area (Å²) < 4.78 is 5.23. The van der Waals surface area contributed by atoms with Crippen LogP contribution in [0.5, 0.6) is 11.5 Å². The van der Waals surface area contributed by atoms with Crippen molar-refractivity contribution >= 4 is 22.6 Å². The van der Waals surface area contributed by atoms with Crippen molar-refractivity contribution in [1.82, 2.24) is 5.32 Å². The topological polar surface area (TPSA) is 95.9 Å². The summed E-state index contributed by atoms with van der Waals surface area (Å²) >= 11 is 0. The number of carboxylic acids is 1. The minimum atomic E-state index is -1.11. The van der Waals surface area contributed by atoms with Crippen molar-refractivity contribution in [1.29, 1.82) is 0 Å². The second kappa shape index (κ2) is 8.65. The SMILES string of the molecule is COc1ccc2cc(C(C)C(=O)NC(Cc3ccc(O)cc3)C(=O)O)ccc2c1. The number of aliphatic carboxylic acids is 1. The molecule has 0 spiro atoms. The van der Waals surface area contributed by atoms with Crippen molar-refractivity contribution in [3.63, 3.8) is 0 Å². The number of amides is 1. The minimum absolute atomic E-state index is 0.104. The zero-order chi connectivity index (χ0) is 21.0. The molecule has 0 aliphatic heterocycles. The average Bonchev–Trinajstić information content (AvgIpc) is 2.73. The van der Waals surface area contributed by atoms with Crippen LogP contribution in [0, 0.1) is 0 Å². The van der Waals surface area contributed by atoms with E-state index in [1.54, 1.807) is 26.2 Å². The molecule has 0 saturated heterocycles. The van der Waals surface area contributed by atoms with E-state index in [4.69, 9.17) is 4.74 Å². The van der Waals surface area contributed by atoms with E-state index in [9.17, 15) is 19.8 Å². The maximum absolute atomic E-state index is 12.7. The molecule has 3 N–H and O–H groups in total. The third-order valence-corrected chi connectivity index (χ3v) is 4.96. The lowest BCUT2D eigenvalue weighted by Gasteiger charge is -2.19. The number of methoxy groups -OCH3 is 1. The second-order valence-corrected chi connectivity index (χ2v) is 6.96. The summed E-state index contributed by atoms with van der Waals surface area (Å²) in [6.45, 7) is 1.75. The van der Waals surface area contributed by atoms with Gasteiger partial charge in [0.2, 0.25) is 5.91 Å². The first kappa shape index (κ1) is 20.2. The molecular weight excluding hydrogens is 370 g/mol. The number of benzene rings is 3. The average molecular weight is 393 g/mol. The standard InChI is InChI=1S/C23H23NO5/c1-14(16-5-6-18-13-20(29-2)10-7-17(18)12-16)22(26)24-21(23(27)28)11-15-3-8-19(25)9-4-15/h3-10,12-14,21,25H,11H2,1-2H3,(H,24,26)(H,27,28). The third-order valence-electron chi connectivity index (χ3n) is 4.96. The number of ether oxygens (including phenoxy) is 1. The molecule has 0 aliphatic carbocycles. The Hall–Kier alpha value is -3.54. The van der Waals surface area contributed by atoms with E-state index < -0.39 is 17.9 Å². The molecule has 3 rings (SSSR count). The van der Waals surface area contributed by atoms with Gasteiger partial charge in [-0.2, -0.15) is 0 Å². The number of hydrogen-bond donors (Lipinski definition) is 3. The van der Waals surface area contributed by atoms with Crippen LogP contribution in [0.2, 0.25) is 0 Å². The van der Waals surface area contributed by atoms with Crippen molar-refractivity contribution < 1.29 is 24.5 Å². The Morgan fingerprint density at radius 3 is 2.31 bits per heavy atom. The summed E-state index contributed by atoms with van der Waals surface area (Å²) in [5, 5.41) is 23.5. The van der Waals surface area contributed by atoms with E-state index in [-0.39, 0.29) is 18.1 Å². The highest BCUT2D eigenvalue weighted by Crippen LogP contribution is 2.25. The number of carbonyl (C=O) groups is 2. The molecule has 150 valence electrons. The van der Waals surface area contributed by atoms with Gasteiger partial charge in [-0.25, -0.2) is 4.79 Å². The van der Waals surface area contributed by atoms with Gasteiger partial charge >= 0.3 is 5.97 Å². The van der Waals surface area contributed by atoms with Gasteiger partial charge in [-0.15, -0.1) is 0 Å². The molecule has 0 aromatic heterocycles. The molecule has 29 heavy (non-hydrogen) atoms. The summed E-state index contributed by atoms with van der Waals surface area (Å²) in [6.07, 6.45) is 0.131. The molecule has 3 aromatic carbocycles. The lowest BCUT2D eigenvalue weighted by Crippen LogP contribution is -2.44. The smallest absolute Gasteiger partial charge is 0.326 e. The first-order valence-corrected chi connectivity index (χ1v) is 9.26. The molecule has 3 aromatic rings. The van der Waals surface area contributed by atoms with Gasteiger partial charge in [0.1, 0.15) is 17.5 Å². The zero-order valence-corrected chi connectivity index (χ0v) is 16.3. The van der Waals surface area contributed by atoms with E-state index in [0.29, 0.717) is 5.56 Å². The number of carbonyl (C=O) groups excluding carboxylic acids is 1. The van der Waals surface area contributed by atoms with Crippen LogP contribution in [0.4, 0.5) is 0 Å². The van der Waals surface area contributed by atoms with Gasteiger partial charge in [-0.05, 0) is 53.1 Å². The van der Waals surface area contributed by atoms with Gasteiger partial charge in [0.15, 0.2) is 0 Å². The molecule has 0 radical (unpaired) electrons. The normalized spacial score (nSPS) is 12.9. The van der Waals surface area contributed by atoms with Crippen LogP contribution in [0.15, 0.2) is 60.7 Å². The molecule has 0 heterocycles. The number of nitrogens with one attached hydrogen (secondary N) is 1. The van der Waals surface area contributed by atoms with Crippen LogP contribution in [-0.4, -0.2) is 35.2 Å². The van der Waals surface area contributed by atoms with E-state index >= 15 is 0 Å². The Balaban J connectivity index is 1.74. The van der Waals surface area contributed by atoms with Crippen molar-refractivity contribution in [2.45, 2.75) is 25.3 Å². The van der Waals surface area contributed by atoms with Gasteiger partial charge in [0, 0.05) is 6.42 Å². The molecule has 6 heteroatoms. The second-order valence-electron chi connectivity index (χ2n) is 6.96. The van der Waals surface area contributed by atoms with Crippen molar-refractivity contribution in [2.24, 2.45) is 0 Å². The fourth-order valence-corrected chi connectivity index (χ4v) is 3.15. The number of carboxylic acid groups (broad SMARTS) is 1. The predicted molar refractivity (Wildman–Crippen MR) is 110 cm³/mol. The highest BCUT2D eigenvalue weighted by molar-refractivity contribution is 5.90. The van der Waals surface area contributed by atoms with Crippen LogP contribution in [-0.2, 0) is 16.0 Å². The summed E-state index contributed by atoms with van der Waals surface area (Å²) in [7, 11) is 1.61. The quantitative estimate of drug-likeness (QED) is 0.571. The van der Waals surface area contributed by atoms with Crippen LogP contribution in [0.25, 0.3) is 10.8 Å². The van der Waals surface area contributed by atoms with Gasteiger partial charge in [0.05, 0.1) is 13.0 Å². The van der Waals surface area contributed by atoms with E-state index in [0.717, 1.165) is 22.1 Å². The summed E-state index contributed by atoms with van der Waals surface area (Å²) in [5.41, 5.74) is 1.51. The Bertz CT molecular complexity index is 1030. The number of hydrogen-bond acceptors (Lipinski definition) is 4. The summed E-state index contributed by atoms with van der Waals surface area (Å²) in [5.74, 6) is -1.11. The molecule has 1 amide bonds. The monoisotopic (exact) mass is 393 g/mol. The maximum atomic E-state index is 12.7. The van der Waals surface area contributed by atoms with E-state index in [2.05, 4.69) is 5.32 Å². The van der Waals surface area contributed by atoms with E-state index in [1.165, 1.54) is 12.1 Å².